The number of rotatable bonds is 1. The van der Waals surface area contributed by atoms with Gasteiger partial charge in [0, 0.05) is 6.54 Å². The van der Waals surface area contributed by atoms with Crippen LogP contribution in [-0.2, 0) is 11.2 Å². The summed E-state index contributed by atoms with van der Waals surface area (Å²) in [5, 5.41) is 0. The number of hydrogen-bond donors (Lipinski definition) is 1. The van der Waals surface area contributed by atoms with Crippen LogP contribution >= 0.6 is 0 Å². The van der Waals surface area contributed by atoms with Gasteiger partial charge in [0.15, 0.2) is 0 Å². The molecule has 0 fully saturated rings. The third kappa shape index (κ3) is 1.08. The summed E-state index contributed by atoms with van der Waals surface area (Å²) in [4.78, 5) is 13.2. The number of fused-ring (bicyclic) bond motifs is 1. The maximum atomic E-state index is 11.5. The monoisotopic (exact) mass is 176 g/mol. The van der Waals surface area contributed by atoms with E-state index in [1.165, 1.54) is 0 Å². The first-order chi connectivity index (χ1) is 6.24. The molecule has 3 nitrogen and oxygen atoms in total. The lowest BCUT2D eigenvalue weighted by atomic mass is 10.1. The molecule has 1 heterocycles. The zero-order chi connectivity index (χ0) is 9.42. The lowest BCUT2D eigenvalue weighted by Crippen LogP contribution is -2.26. The van der Waals surface area contributed by atoms with Gasteiger partial charge in [-0.25, -0.2) is 0 Å². The van der Waals surface area contributed by atoms with Crippen molar-refractivity contribution in [2.45, 2.75) is 13.3 Å². The number of para-hydroxylation sites is 1. The van der Waals surface area contributed by atoms with Crippen molar-refractivity contribution in [2.75, 3.05) is 17.2 Å². The van der Waals surface area contributed by atoms with Crippen molar-refractivity contribution in [3.05, 3.63) is 23.8 Å². The van der Waals surface area contributed by atoms with Crippen molar-refractivity contribution in [1.82, 2.24) is 0 Å². The summed E-state index contributed by atoms with van der Waals surface area (Å²) in [5.74, 6) is 0.149. The molecule has 1 aliphatic heterocycles. The molecule has 0 unspecified atom stereocenters. The van der Waals surface area contributed by atoms with Crippen molar-refractivity contribution in [1.29, 1.82) is 0 Å². The summed E-state index contributed by atoms with van der Waals surface area (Å²) in [6.07, 6.45) is 0.494. The van der Waals surface area contributed by atoms with Gasteiger partial charge >= 0.3 is 0 Å². The number of carbonyl (C=O) groups excluding carboxylic acids is 1. The number of likely N-dealkylation sites (N-methyl/N-ethyl adjacent to an activating group) is 1. The van der Waals surface area contributed by atoms with Crippen LogP contribution in [0.4, 0.5) is 11.4 Å². The molecule has 0 atom stereocenters. The first kappa shape index (κ1) is 8.10. The standard InChI is InChI=1S/C10H12N2O/c1-2-12-9(13)6-7-4-3-5-8(11)10(7)12/h3-5H,2,6,11H2,1H3. The van der Waals surface area contributed by atoms with E-state index in [0.29, 0.717) is 18.7 Å². The van der Waals surface area contributed by atoms with E-state index in [0.717, 1.165) is 11.3 Å². The van der Waals surface area contributed by atoms with Gasteiger partial charge in [-0.1, -0.05) is 12.1 Å². The third-order valence-electron chi connectivity index (χ3n) is 2.38. The average molecular weight is 176 g/mol. The maximum absolute atomic E-state index is 11.5. The highest BCUT2D eigenvalue weighted by atomic mass is 16.2. The van der Waals surface area contributed by atoms with Crippen LogP contribution in [-0.4, -0.2) is 12.5 Å². The highest BCUT2D eigenvalue weighted by molar-refractivity contribution is 6.04. The summed E-state index contributed by atoms with van der Waals surface area (Å²) in [6.45, 7) is 2.65. The molecule has 13 heavy (non-hydrogen) atoms. The molecule has 2 N–H and O–H groups in total. The van der Waals surface area contributed by atoms with E-state index in [1.54, 1.807) is 4.90 Å². The molecule has 0 radical (unpaired) electrons. The van der Waals surface area contributed by atoms with E-state index < -0.39 is 0 Å². The average Bonchev–Trinajstić information content (AvgIpc) is 2.42. The van der Waals surface area contributed by atoms with Crippen LogP contribution in [0.5, 0.6) is 0 Å². The minimum absolute atomic E-state index is 0.149. The van der Waals surface area contributed by atoms with Crippen LogP contribution < -0.4 is 10.6 Å². The van der Waals surface area contributed by atoms with Gasteiger partial charge in [-0.3, -0.25) is 4.79 Å². The number of carbonyl (C=O) groups is 1. The quantitative estimate of drug-likeness (QED) is 0.653. The molecule has 0 aliphatic carbocycles. The summed E-state index contributed by atoms with van der Waals surface area (Å²) in [5.41, 5.74) is 8.47. The molecule has 0 aromatic heterocycles. The molecule has 68 valence electrons. The SMILES string of the molecule is CCN1C(=O)Cc2cccc(N)c21. The van der Waals surface area contributed by atoms with E-state index in [9.17, 15) is 4.79 Å². The summed E-state index contributed by atoms with van der Waals surface area (Å²) in [7, 11) is 0. The normalized spacial score (nSPS) is 14.8. The Labute approximate surface area is 77.1 Å². The van der Waals surface area contributed by atoms with E-state index in [4.69, 9.17) is 5.73 Å². The van der Waals surface area contributed by atoms with Crippen LogP contribution in [0, 0.1) is 0 Å². The van der Waals surface area contributed by atoms with E-state index >= 15 is 0 Å². The van der Waals surface area contributed by atoms with Gasteiger partial charge in [-0.2, -0.15) is 0 Å². The molecule has 1 aliphatic rings. The highest BCUT2D eigenvalue weighted by Crippen LogP contribution is 2.33. The lowest BCUT2D eigenvalue weighted by Gasteiger charge is -2.16. The van der Waals surface area contributed by atoms with Crippen LogP contribution in [0.1, 0.15) is 12.5 Å². The van der Waals surface area contributed by atoms with E-state index in [-0.39, 0.29) is 5.91 Å². The topological polar surface area (TPSA) is 46.3 Å². The molecule has 0 saturated carbocycles. The van der Waals surface area contributed by atoms with Crippen molar-refractivity contribution in [3.8, 4) is 0 Å². The summed E-state index contributed by atoms with van der Waals surface area (Å²) in [6, 6.07) is 5.68. The molecule has 1 aromatic rings. The predicted octanol–water partition coefficient (Wildman–Crippen LogP) is 1.18. The van der Waals surface area contributed by atoms with Crippen molar-refractivity contribution in [3.63, 3.8) is 0 Å². The van der Waals surface area contributed by atoms with Gasteiger partial charge in [0.25, 0.3) is 0 Å². The smallest absolute Gasteiger partial charge is 0.231 e. The first-order valence-corrected chi connectivity index (χ1v) is 4.41. The van der Waals surface area contributed by atoms with E-state index in [2.05, 4.69) is 0 Å². The first-order valence-electron chi connectivity index (χ1n) is 4.41. The van der Waals surface area contributed by atoms with Crippen molar-refractivity contribution < 1.29 is 4.79 Å². The molecule has 2 rings (SSSR count). The number of hydrogen-bond acceptors (Lipinski definition) is 2. The number of amides is 1. The Hall–Kier alpha value is -1.51. The van der Waals surface area contributed by atoms with Gasteiger partial charge in [0.1, 0.15) is 0 Å². The Bertz CT molecular complexity index is 360. The number of anilines is 2. The molecule has 0 spiro atoms. The Kier molecular flexibility index (Phi) is 1.72. The Balaban J connectivity index is 2.55. The van der Waals surface area contributed by atoms with Gasteiger partial charge in [0.05, 0.1) is 17.8 Å². The molecule has 3 heteroatoms. The second-order valence-corrected chi connectivity index (χ2v) is 3.17. The van der Waals surface area contributed by atoms with Gasteiger partial charge in [0.2, 0.25) is 5.91 Å². The van der Waals surface area contributed by atoms with Crippen LogP contribution in [0.3, 0.4) is 0 Å². The van der Waals surface area contributed by atoms with Crippen LogP contribution in [0.25, 0.3) is 0 Å². The van der Waals surface area contributed by atoms with Crippen LogP contribution in [0.15, 0.2) is 18.2 Å². The Morgan fingerprint density at radius 3 is 3.00 bits per heavy atom. The number of benzene rings is 1. The fourth-order valence-electron chi connectivity index (χ4n) is 1.80. The fraction of sp³-hybridized carbons (Fsp3) is 0.300. The minimum Gasteiger partial charge on any atom is -0.397 e. The molecule has 1 amide bonds. The molecule has 0 saturated heterocycles. The Morgan fingerprint density at radius 2 is 2.31 bits per heavy atom. The number of nitrogens with zero attached hydrogens (tertiary/aromatic N) is 1. The fourth-order valence-corrected chi connectivity index (χ4v) is 1.80. The maximum Gasteiger partial charge on any atom is 0.231 e. The highest BCUT2D eigenvalue weighted by Gasteiger charge is 2.27. The largest absolute Gasteiger partial charge is 0.397 e. The molecular weight excluding hydrogens is 164 g/mol. The van der Waals surface area contributed by atoms with Gasteiger partial charge in [-0.05, 0) is 18.6 Å². The minimum atomic E-state index is 0.149. The summed E-state index contributed by atoms with van der Waals surface area (Å²) >= 11 is 0. The second kappa shape index (κ2) is 2.76. The van der Waals surface area contributed by atoms with Crippen molar-refractivity contribution >= 4 is 17.3 Å². The molecular formula is C10H12N2O. The summed E-state index contributed by atoms with van der Waals surface area (Å²) < 4.78 is 0. The zero-order valence-corrected chi connectivity index (χ0v) is 7.58. The lowest BCUT2D eigenvalue weighted by molar-refractivity contribution is -0.117. The molecule has 0 bridgehead atoms. The zero-order valence-electron chi connectivity index (χ0n) is 7.58. The van der Waals surface area contributed by atoms with Gasteiger partial charge < -0.3 is 10.6 Å². The van der Waals surface area contributed by atoms with Crippen molar-refractivity contribution in [2.24, 2.45) is 0 Å². The molecule has 1 aromatic carbocycles. The second-order valence-electron chi connectivity index (χ2n) is 3.17. The number of nitrogen functional groups attached to an aromatic ring is 1. The third-order valence-corrected chi connectivity index (χ3v) is 2.38. The Morgan fingerprint density at radius 1 is 1.54 bits per heavy atom. The van der Waals surface area contributed by atoms with E-state index in [1.807, 2.05) is 25.1 Å². The van der Waals surface area contributed by atoms with Crippen LogP contribution in [0.2, 0.25) is 0 Å². The number of nitrogens with two attached hydrogens (primary N) is 1. The van der Waals surface area contributed by atoms with Gasteiger partial charge in [-0.15, -0.1) is 0 Å². The predicted molar refractivity (Wildman–Crippen MR) is 52.6 cm³/mol.